The molecule has 2 amide bonds. The van der Waals surface area contributed by atoms with Crippen molar-refractivity contribution in [1.29, 1.82) is 0 Å². The lowest BCUT2D eigenvalue weighted by Crippen LogP contribution is -2.45. The van der Waals surface area contributed by atoms with E-state index in [9.17, 15) is 4.79 Å². The molecule has 2 aromatic heterocycles. The first-order valence-corrected chi connectivity index (χ1v) is 8.19. The predicted octanol–water partition coefficient (Wildman–Crippen LogP) is 3.62. The Labute approximate surface area is 136 Å². The number of nitrogens with one attached hydrogen (secondary N) is 2. The fraction of sp³-hybridized carbons (Fsp3) is 0.529. The Morgan fingerprint density at radius 3 is 2.96 bits per heavy atom. The standard InChI is InChI=1S/C17H24N4O2/c1-11-8-15(13(3)23-11)12(2)20-17(22)21-7-5-4-6-16(21)14-9-18-19-10-14/h8-10,12,16H,4-7H2,1-3H3,(H,18,19)(H,20,22). The molecule has 2 N–H and O–H groups in total. The molecule has 124 valence electrons. The number of piperidine rings is 1. The number of hydrogen-bond donors (Lipinski definition) is 2. The van der Waals surface area contributed by atoms with Gasteiger partial charge < -0.3 is 14.6 Å². The van der Waals surface area contributed by atoms with Crippen molar-refractivity contribution in [3.63, 3.8) is 0 Å². The molecule has 2 atom stereocenters. The van der Waals surface area contributed by atoms with E-state index in [2.05, 4.69) is 15.5 Å². The molecule has 2 aromatic rings. The molecular formula is C17H24N4O2. The van der Waals surface area contributed by atoms with Crippen LogP contribution in [0.25, 0.3) is 0 Å². The summed E-state index contributed by atoms with van der Waals surface area (Å²) in [5, 5.41) is 9.97. The predicted molar refractivity (Wildman–Crippen MR) is 87.0 cm³/mol. The SMILES string of the molecule is Cc1cc(C(C)NC(=O)N2CCCCC2c2cn[nH]c2)c(C)o1. The minimum Gasteiger partial charge on any atom is -0.466 e. The molecule has 3 heterocycles. The van der Waals surface area contributed by atoms with E-state index in [0.717, 1.165) is 48.5 Å². The zero-order valence-electron chi connectivity index (χ0n) is 13.9. The van der Waals surface area contributed by atoms with Gasteiger partial charge in [-0.25, -0.2) is 4.79 Å². The van der Waals surface area contributed by atoms with Crippen LogP contribution in [0.5, 0.6) is 0 Å². The second kappa shape index (κ2) is 6.48. The molecule has 0 aromatic carbocycles. The number of amides is 2. The van der Waals surface area contributed by atoms with Gasteiger partial charge in [-0.15, -0.1) is 0 Å². The number of rotatable bonds is 3. The Morgan fingerprint density at radius 1 is 1.48 bits per heavy atom. The normalized spacial score (nSPS) is 19.6. The Morgan fingerprint density at radius 2 is 2.30 bits per heavy atom. The van der Waals surface area contributed by atoms with Crippen LogP contribution >= 0.6 is 0 Å². The van der Waals surface area contributed by atoms with Crippen LogP contribution in [0.2, 0.25) is 0 Å². The number of nitrogens with zero attached hydrogens (tertiary/aromatic N) is 2. The van der Waals surface area contributed by atoms with E-state index in [1.165, 1.54) is 0 Å². The average molecular weight is 316 g/mol. The lowest BCUT2D eigenvalue weighted by molar-refractivity contribution is 0.149. The fourth-order valence-electron chi connectivity index (χ4n) is 3.39. The maximum Gasteiger partial charge on any atom is 0.318 e. The van der Waals surface area contributed by atoms with E-state index in [4.69, 9.17) is 4.42 Å². The van der Waals surface area contributed by atoms with Gasteiger partial charge in [-0.1, -0.05) is 0 Å². The molecule has 1 fully saturated rings. The third-order valence-electron chi connectivity index (χ3n) is 4.55. The third kappa shape index (κ3) is 3.25. The highest BCUT2D eigenvalue weighted by Crippen LogP contribution is 2.31. The van der Waals surface area contributed by atoms with E-state index >= 15 is 0 Å². The van der Waals surface area contributed by atoms with Gasteiger partial charge in [-0.2, -0.15) is 5.10 Å². The highest BCUT2D eigenvalue weighted by Gasteiger charge is 2.29. The van der Waals surface area contributed by atoms with Crippen LogP contribution in [0.3, 0.4) is 0 Å². The van der Waals surface area contributed by atoms with Crippen molar-refractivity contribution in [3.8, 4) is 0 Å². The maximum absolute atomic E-state index is 12.8. The van der Waals surface area contributed by atoms with Crippen molar-refractivity contribution in [2.45, 2.75) is 52.1 Å². The minimum absolute atomic E-state index is 0.0262. The van der Waals surface area contributed by atoms with Crippen LogP contribution in [0, 0.1) is 13.8 Å². The number of aromatic amines is 1. The van der Waals surface area contributed by atoms with E-state index in [1.807, 2.05) is 44.1 Å². The second-order valence-corrected chi connectivity index (χ2v) is 6.28. The summed E-state index contributed by atoms with van der Waals surface area (Å²) < 4.78 is 5.57. The number of carbonyl (C=O) groups excluding carboxylic acids is 1. The Kier molecular flexibility index (Phi) is 4.41. The number of likely N-dealkylation sites (tertiary alicyclic amines) is 1. The van der Waals surface area contributed by atoms with Gasteiger partial charge in [0.15, 0.2) is 0 Å². The van der Waals surface area contributed by atoms with Crippen molar-refractivity contribution < 1.29 is 9.21 Å². The monoisotopic (exact) mass is 316 g/mol. The number of carbonyl (C=O) groups is 1. The first kappa shape index (κ1) is 15.6. The minimum atomic E-state index is -0.0770. The summed E-state index contributed by atoms with van der Waals surface area (Å²) in [5.41, 5.74) is 2.11. The molecule has 0 aliphatic carbocycles. The van der Waals surface area contributed by atoms with Crippen molar-refractivity contribution in [2.75, 3.05) is 6.54 Å². The van der Waals surface area contributed by atoms with Crippen LogP contribution in [-0.2, 0) is 0 Å². The van der Waals surface area contributed by atoms with Crippen molar-refractivity contribution in [2.24, 2.45) is 0 Å². The van der Waals surface area contributed by atoms with Crippen molar-refractivity contribution >= 4 is 6.03 Å². The maximum atomic E-state index is 12.8. The van der Waals surface area contributed by atoms with Gasteiger partial charge in [0.25, 0.3) is 0 Å². The van der Waals surface area contributed by atoms with E-state index < -0.39 is 0 Å². The first-order valence-electron chi connectivity index (χ1n) is 8.19. The second-order valence-electron chi connectivity index (χ2n) is 6.28. The molecule has 6 heteroatoms. The third-order valence-corrected chi connectivity index (χ3v) is 4.55. The summed E-state index contributed by atoms with van der Waals surface area (Å²) in [6.07, 6.45) is 6.84. The van der Waals surface area contributed by atoms with Gasteiger partial charge in [0.1, 0.15) is 11.5 Å². The van der Waals surface area contributed by atoms with Crippen LogP contribution < -0.4 is 5.32 Å². The first-order chi connectivity index (χ1) is 11.1. The molecule has 0 spiro atoms. The van der Waals surface area contributed by atoms with Gasteiger partial charge in [-0.05, 0) is 46.1 Å². The highest BCUT2D eigenvalue weighted by atomic mass is 16.3. The highest BCUT2D eigenvalue weighted by molar-refractivity contribution is 5.75. The number of furan rings is 1. The summed E-state index contributed by atoms with van der Waals surface area (Å²) in [5.74, 6) is 1.73. The van der Waals surface area contributed by atoms with Gasteiger partial charge in [0, 0.05) is 23.9 Å². The molecule has 6 nitrogen and oxygen atoms in total. The number of aryl methyl sites for hydroxylation is 2. The average Bonchev–Trinajstić information content (AvgIpc) is 3.16. The van der Waals surface area contributed by atoms with Gasteiger partial charge >= 0.3 is 6.03 Å². The summed E-state index contributed by atoms with van der Waals surface area (Å²) in [7, 11) is 0. The summed E-state index contributed by atoms with van der Waals surface area (Å²) in [6.45, 7) is 6.62. The van der Waals surface area contributed by atoms with Crippen LogP contribution in [0.4, 0.5) is 4.79 Å². The number of hydrogen-bond acceptors (Lipinski definition) is 3. The molecule has 0 saturated carbocycles. The topological polar surface area (TPSA) is 74.2 Å². The van der Waals surface area contributed by atoms with Crippen LogP contribution in [-0.4, -0.2) is 27.7 Å². The fourth-order valence-corrected chi connectivity index (χ4v) is 3.39. The smallest absolute Gasteiger partial charge is 0.318 e. The summed E-state index contributed by atoms with van der Waals surface area (Å²) in [6, 6.07) is 1.99. The molecular weight excluding hydrogens is 292 g/mol. The van der Waals surface area contributed by atoms with Gasteiger partial charge in [0.05, 0.1) is 18.3 Å². The molecule has 1 aliphatic heterocycles. The molecule has 0 radical (unpaired) electrons. The molecule has 1 aliphatic rings. The number of H-pyrrole nitrogens is 1. The van der Waals surface area contributed by atoms with Gasteiger partial charge in [0.2, 0.25) is 0 Å². The zero-order valence-corrected chi connectivity index (χ0v) is 13.9. The van der Waals surface area contributed by atoms with Crippen molar-refractivity contribution in [3.05, 3.63) is 41.1 Å². The Bertz CT molecular complexity index is 662. The van der Waals surface area contributed by atoms with Crippen molar-refractivity contribution in [1.82, 2.24) is 20.4 Å². The summed E-state index contributed by atoms with van der Waals surface area (Å²) in [4.78, 5) is 14.7. The van der Waals surface area contributed by atoms with Gasteiger partial charge in [-0.3, -0.25) is 5.10 Å². The van der Waals surface area contributed by atoms with E-state index in [-0.39, 0.29) is 18.1 Å². The van der Waals surface area contributed by atoms with Crippen LogP contribution in [0.1, 0.15) is 60.9 Å². The lowest BCUT2D eigenvalue weighted by Gasteiger charge is -2.36. The molecule has 1 saturated heterocycles. The number of aromatic nitrogens is 2. The van der Waals surface area contributed by atoms with E-state index in [0.29, 0.717) is 0 Å². The molecule has 0 bridgehead atoms. The largest absolute Gasteiger partial charge is 0.466 e. The number of urea groups is 1. The lowest BCUT2D eigenvalue weighted by atomic mass is 9.98. The molecule has 2 unspecified atom stereocenters. The molecule has 3 rings (SSSR count). The molecule has 23 heavy (non-hydrogen) atoms. The van der Waals surface area contributed by atoms with E-state index in [1.54, 1.807) is 0 Å². The van der Waals surface area contributed by atoms with Crippen LogP contribution in [0.15, 0.2) is 22.9 Å². The quantitative estimate of drug-likeness (QED) is 0.908. The zero-order chi connectivity index (χ0) is 16.4. The Balaban J connectivity index is 1.72. The summed E-state index contributed by atoms with van der Waals surface area (Å²) >= 11 is 0. The Hall–Kier alpha value is -2.24.